The van der Waals surface area contributed by atoms with E-state index in [1.165, 1.54) is 0 Å². The topological polar surface area (TPSA) is 70.7 Å². The highest BCUT2D eigenvalue weighted by Gasteiger charge is 2.40. The van der Waals surface area contributed by atoms with Crippen LogP contribution in [0.4, 0.5) is 5.82 Å². The summed E-state index contributed by atoms with van der Waals surface area (Å²) in [5.74, 6) is 0.421. The van der Waals surface area contributed by atoms with Gasteiger partial charge in [-0.25, -0.2) is 4.79 Å². The van der Waals surface area contributed by atoms with E-state index in [1.54, 1.807) is 23.7 Å². The van der Waals surface area contributed by atoms with Crippen LogP contribution in [0.3, 0.4) is 0 Å². The summed E-state index contributed by atoms with van der Waals surface area (Å²) >= 11 is 6.01. The molecule has 1 fully saturated rings. The molecule has 96 valence electrons. The second-order valence-electron chi connectivity index (χ2n) is 4.56. The molecule has 0 spiro atoms. The molecule has 3 rings (SSSR count). The number of nitrogens with zero attached hydrogens (tertiary/aromatic N) is 3. The van der Waals surface area contributed by atoms with Crippen LogP contribution in [0.1, 0.15) is 12.5 Å². The van der Waals surface area contributed by atoms with E-state index in [0.29, 0.717) is 17.3 Å². The third-order valence-corrected chi connectivity index (χ3v) is 3.61. The maximum Gasteiger partial charge on any atom is 0.350 e. The molecule has 0 radical (unpaired) electrons. The zero-order valence-corrected chi connectivity index (χ0v) is 11.0. The molecule has 0 bridgehead atoms. The molecule has 2 aromatic rings. The quantitative estimate of drug-likeness (QED) is 0.911. The fraction of sp³-hybridized carbons (Fsp3) is 0.308. The maximum atomic E-state index is 12.1. The molecule has 1 aliphatic rings. The van der Waals surface area contributed by atoms with Gasteiger partial charge < -0.3 is 5.32 Å². The Bertz CT molecular complexity index is 762. The number of rotatable bonds is 2. The van der Waals surface area contributed by atoms with Crippen molar-refractivity contribution in [3.63, 3.8) is 0 Å². The number of nitriles is 1. The van der Waals surface area contributed by atoms with Crippen LogP contribution in [0.15, 0.2) is 23.0 Å². The summed E-state index contributed by atoms with van der Waals surface area (Å²) in [6.45, 7) is 0. The zero-order valence-electron chi connectivity index (χ0n) is 10.2. The van der Waals surface area contributed by atoms with Crippen LogP contribution in [0.2, 0.25) is 5.02 Å². The SMILES string of the molecule is CNc1nc(=O)n(C2CC2C#N)c2cc(Cl)ccc12. The van der Waals surface area contributed by atoms with Crippen LogP contribution >= 0.6 is 11.6 Å². The highest BCUT2D eigenvalue weighted by molar-refractivity contribution is 6.31. The Morgan fingerprint density at radius 1 is 1.58 bits per heavy atom. The predicted molar refractivity (Wildman–Crippen MR) is 73.3 cm³/mol. The van der Waals surface area contributed by atoms with Crippen molar-refractivity contribution in [3.05, 3.63) is 33.7 Å². The zero-order chi connectivity index (χ0) is 13.6. The lowest BCUT2D eigenvalue weighted by atomic mass is 10.2. The van der Waals surface area contributed by atoms with Gasteiger partial charge in [-0.2, -0.15) is 10.2 Å². The van der Waals surface area contributed by atoms with Crippen molar-refractivity contribution in [2.24, 2.45) is 5.92 Å². The minimum atomic E-state index is -0.345. The van der Waals surface area contributed by atoms with E-state index in [9.17, 15) is 4.79 Å². The molecule has 0 saturated heterocycles. The summed E-state index contributed by atoms with van der Waals surface area (Å²) in [5.41, 5.74) is 0.376. The minimum absolute atomic E-state index is 0.0862. The predicted octanol–water partition coefficient (Wildman–Crippen LogP) is 2.18. The van der Waals surface area contributed by atoms with Gasteiger partial charge in [0.15, 0.2) is 0 Å². The van der Waals surface area contributed by atoms with E-state index in [0.717, 1.165) is 10.9 Å². The van der Waals surface area contributed by atoms with Crippen LogP contribution < -0.4 is 11.0 Å². The van der Waals surface area contributed by atoms with Crippen molar-refractivity contribution in [1.82, 2.24) is 9.55 Å². The minimum Gasteiger partial charge on any atom is -0.372 e. The Kier molecular flexibility index (Phi) is 2.68. The highest BCUT2D eigenvalue weighted by Crippen LogP contribution is 2.43. The van der Waals surface area contributed by atoms with Gasteiger partial charge in [-0.1, -0.05) is 11.6 Å². The number of halogens is 1. The number of nitrogens with one attached hydrogen (secondary N) is 1. The first-order valence-electron chi connectivity index (χ1n) is 5.95. The second-order valence-corrected chi connectivity index (χ2v) is 5.00. The summed E-state index contributed by atoms with van der Waals surface area (Å²) < 4.78 is 1.58. The molecular formula is C13H11ClN4O. The van der Waals surface area contributed by atoms with E-state index in [2.05, 4.69) is 16.4 Å². The van der Waals surface area contributed by atoms with Gasteiger partial charge >= 0.3 is 5.69 Å². The average Bonchev–Trinajstić information content (AvgIpc) is 3.16. The Morgan fingerprint density at radius 2 is 2.37 bits per heavy atom. The summed E-state index contributed by atoms with van der Waals surface area (Å²) in [4.78, 5) is 16.1. The largest absolute Gasteiger partial charge is 0.372 e. The van der Waals surface area contributed by atoms with Crippen molar-refractivity contribution in [2.75, 3.05) is 12.4 Å². The van der Waals surface area contributed by atoms with Gasteiger partial charge in [0.1, 0.15) is 5.82 Å². The van der Waals surface area contributed by atoms with Crippen LogP contribution in [-0.4, -0.2) is 16.6 Å². The van der Waals surface area contributed by atoms with Crippen molar-refractivity contribution in [3.8, 4) is 6.07 Å². The molecule has 1 aromatic carbocycles. The van der Waals surface area contributed by atoms with Gasteiger partial charge in [0.2, 0.25) is 0 Å². The molecule has 2 unspecified atom stereocenters. The van der Waals surface area contributed by atoms with Crippen LogP contribution in [0.25, 0.3) is 10.9 Å². The molecule has 1 aromatic heterocycles. The highest BCUT2D eigenvalue weighted by atomic mass is 35.5. The molecule has 2 atom stereocenters. The molecule has 1 aliphatic carbocycles. The smallest absolute Gasteiger partial charge is 0.350 e. The molecule has 6 heteroatoms. The number of anilines is 1. The number of hydrogen-bond acceptors (Lipinski definition) is 4. The lowest BCUT2D eigenvalue weighted by molar-refractivity contribution is 0.689. The number of hydrogen-bond donors (Lipinski definition) is 1. The summed E-state index contributed by atoms with van der Waals surface area (Å²) in [5, 5.41) is 13.2. The van der Waals surface area contributed by atoms with Crippen LogP contribution in [0, 0.1) is 17.2 Å². The van der Waals surface area contributed by atoms with Crippen LogP contribution in [0.5, 0.6) is 0 Å². The molecule has 1 N–H and O–H groups in total. The van der Waals surface area contributed by atoms with Crippen molar-refractivity contribution in [2.45, 2.75) is 12.5 Å². The van der Waals surface area contributed by atoms with Gasteiger partial charge in [-0.05, 0) is 24.6 Å². The fourth-order valence-corrected chi connectivity index (χ4v) is 2.50. The first kappa shape index (κ1) is 12.0. The van der Waals surface area contributed by atoms with E-state index in [-0.39, 0.29) is 17.6 Å². The van der Waals surface area contributed by atoms with E-state index >= 15 is 0 Å². The number of aromatic nitrogens is 2. The molecular weight excluding hydrogens is 264 g/mol. The summed E-state index contributed by atoms with van der Waals surface area (Å²) in [6, 6.07) is 7.43. The molecule has 1 saturated carbocycles. The normalized spacial score (nSPS) is 21.1. The van der Waals surface area contributed by atoms with Gasteiger partial charge in [0.05, 0.1) is 23.5 Å². The summed E-state index contributed by atoms with van der Waals surface area (Å²) in [6.07, 6.45) is 0.693. The van der Waals surface area contributed by atoms with E-state index in [4.69, 9.17) is 16.9 Å². The van der Waals surface area contributed by atoms with Gasteiger partial charge in [0, 0.05) is 17.5 Å². The molecule has 0 amide bonds. The lowest BCUT2D eigenvalue weighted by Gasteiger charge is -2.11. The standard InChI is InChI=1S/C13H11ClN4O/c1-16-12-9-3-2-8(14)5-11(9)18(13(19)17-12)10-4-7(10)6-15/h2-3,5,7,10H,4H2,1H3,(H,16,17,19). The Balaban J connectivity index is 2.32. The number of benzene rings is 1. The average molecular weight is 275 g/mol. The second kappa shape index (κ2) is 4.25. The third-order valence-electron chi connectivity index (χ3n) is 3.38. The third kappa shape index (κ3) is 1.85. The van der Waals surface area contributed by atoms with Crippen molar-refractivity contribution < 1.29 is 0 Å². The molecule has 5 nitrogen and oxygen atoms in total. The lowest BCUT2D eigenvalue weighted by Crippen LogP contribution is -2.24. The van der Waals surface area contributed by atoms with E-state index in [1.807, 2.05) is 6.07 Å². The van der Waals surface area contributed by atoms with E-state index < -0.39 is 0 Å². The molecule has 19 heavy (non-hydrogen) atoms. The first-order valence-corrected chi connectivity index (χ1v) is 6.32. The Hall–Kier alpha value is -2.06. The monoisotopic (exact) mass is 274 g/mol. The molecule has 0 aliphatic heterocycles. The number of fused-ring (bicyclic) bond motifs is 1. The van der Waals surface area contributed by atoms with Gasteiger partial charge in [-0.15, -0.1) is 0 Å². The van der Waals surface area contributed by atoms with Crippen LogP contribution in [-0.2, 0) is 0 Å². The van der Waals surface area contributed by atoms with Gasteiger partial charge in [-0.3, -0.25) is 4.57 Å². The fourth-order valence-electron chi connectivity index (χ4n) is 2.33. The van der Waals surface area contributed by atoms with Crippen molar-refractivity contribution in [1.29, 1.82) is 5.26 Å². The Labute approximate surface area is 114 Å². The molecule has 1 heterocycles. The Morgan fingerprint density at radius 3 is 3.00 bits per heavy atom. The first-order chi connectivity index (χ1) is 9.15. The maximum absolute atomic E-state index is 12.1. The summed E-state index contributed by atoms with van der Waals surface area (Å²) in [7, 11) is 1.72. The van der Waals surface area contributed by atoms with Gasteiger partial charge in [0.25, 0.3) is 0 Å². The van der Waals surface area contributed by atoms with Crippen molar-refractivity contribution >= 4 is 28.3 Å².